The summed E-state index contributed by atoms with van der Waals surface area (Å²) in [7, 11) is 0. The number of hydrogen-bond donors (Lipinski definition) is 3. The Morgan fingerprint density at radius 1 is 1.06 bits per heavy atom. The molecule has 2 saturated heterocycles. The van der Waals surface area contributed by atoms with Crippen molar-refractivity contribution in [1.29, 1.82) is 0 Å². The second kappa shape index (κ2) is 11.8. The fourth-order valence-corrected chi connectivity index (χ4v) is 4.83. The molecule has 0 radical (unpaired) electrons. The third-order valence-corrected chi connectivity index (χ3v) is 6.60. The average molecular weight is 480 g/mol. The van der Waals surface area contributed by atoms with E-state index in [1.165, 1.54) is 30.2 Å². The van der Waals surface area contributed by atoms with Gasteiger partial charge in [-0.25, -0.2) is 14.6 Å². The molecular weight excluding hydrogens is 442 g/mol. The van der Waals surface area contributed by atoms with E-state index < -0.39 is 0 Å². The van der Waals surface area contributed by atoms with Crippen molar-refractivity contribution in [2.75, 3.05) is 54.5 Å². The number of piperazine rings is 1. The normalized spacial score (nSPS) is 16.1. The SMILES string of the molecule is CCc1cn(N2CCCCC2)c2nc(Nc3ccc(N4CCNCC4)cn3)nc(CC)c12.NC=O. The molecule has 10 nitrogen and oxygen atoms in total. The highest BCUT2D eigenvalue weighted by molar-refractivity contribution is 5.84. The fraction of sp³-hybridized carbons (Fsp3) is 0.520. The number of pyridine rings is 1. The van der Waals surface area contributed by atoms with Crippen LogP contribution in [-0.4, -0.2) is 65.3 Å². The summed E-state index contributed by atoms with van der Waals surface area (Å²) in [6, 6.07) is 4.16. The lowest BCUT2D eigenvalue weighted by Crippen LogP contribution is -2.43. The maximum Gasteiger partial charge on any atom is 0.230 e. The Hall–Kier alpha value is -3.40. The van der Waals surface area contributed by atoms with Gasteiger partial charge in [-0.1, -0.05) is 13.8 Å². The van der Waals surface area contributed by atoms with Gasteiger partial charge >= 0.3 is 0 Å². The van der Waals surface area contributed by atoms with Gasteiger partial charge in [-0.05, 0) is 49.8 Å². The first-order chi connectivity index (χ1) is 17.2. The van der Waals surface area contributed by atoms with Crippen LogP contribution in [-0.2, 0) is 17.6 Å². The van der Waals surface area contributed by atoms with Crippen LogP contribution in [0.2, 0.25) is 0 Å². The molecule has 2 aliphatic heterocycles. The van der Waals surface area contributed by atoms with E-state index in [1.54, 1.807) is 0 Å². The number of hydrogen-bond acceptors (Lipinski definition) is 8. The first-order valence-corrected chi connectivity index (χ1v) is 12.7. The van der Waals surface area contributed by atoms with Gasteiger partial charge < -0.3 is 26.3 Å². The number of anilines is 3. The first kappa shape index (κ1) is 24.7. The van der Waals surface area contributed by atoms with Crippen LogP contribution >= 0.6 is 0 Å². The van der Waals surface area contributed by atoms with Crippen molar-refractivity contribution in [2.45, 2.75) is 46.0 Å². The fourth-order valence-electron chi connectivity index (χ4n) is 4.83. The summed E-state index contributed by atoms with van der Waals surface area (Å²) < 4.78 is 2.28. The number of nitrogens with zero attached hydrogens (tertiary/aromatic N) is 6. The van der Waals surface area contributed by atoms with E-state index in [0.717, 1.165) is 75.0 Å². The summed E-state index contributed by atoms with van der Waals surface area (Å²) in [6.07, 6.45) is 10.1. The lowest BCUT2D eigenvalue weighted by molar-refractivity contribution is -0.106. The molecule has 0 spiro atoms. The molecule has 0 saturated carbocycles. The van der Waals surface area contributed by atoms with Crippen LogP contribution in [0.1, 0.15) is 44.4 Å². The molecule has 3 aromatic heterocycles. The van der Waals surface area contributed by atoms with E-state index >= 15 is 0 Å². The van der Waals surface area contributed by atoms with Crippen molar-refractivity contribution in [3.8, 4) is 0 Å². The molecule has 4 N–H and O–H groups in total. The molecule has 3 aromatic rings. The Morgan fingerprint density at radius 3 is 2.43 bits per heavy atom. The van der Waals surface area contributed by atoms with Crippen molar-refractivity contribution in [1.82, 2.24) is 24.9 Å². The molecule has 5 rings (SSSR count). The van der Waals surface area contributed by atoms with E-state index in [0.29, 0.717) is 5.95 Å². The Balaban J connectivity index is 0.000000917. The molecule has 2 fully saturated rings. The number of aryl methyl sites for hydroxylation is 2. The Kier molecular flexibility index (Phi) is 8.36. The van der Waals surface area contributed by atoms with Gasteiger partial charge in [0.15, 0.2) is 5.65 Å². The third-order valence-electron chi connectivity index (χ3n) is 6.60. The lowest BCUT2D eigenvalue weighted by atomic mass is 10.1. The summed E-state index contributed by atoms with van der Waals surface area (Å²) in [5, 5.41) is 10.4. The molecule has 5 heterocycles. The van der Waals surface area contributed by atoms with Gasteiger partial charge in [0.05, 0.1) is 17.6 Å². The van der Waals surface area contributed by atoms with Crippen LogP contribution in [0.15, 0.2) is 24.5 Å². The zero-order chi connectivity index (χ0) is 24.6. The Labute approximate surface area is 206 Å². The molecule has 188 valence electrons. The molecule has 0 unspecified atom stereocenters. The zero-order valence-electron chi connectivity index (χ0n) is 20.8. The number of piperidine rings is 1. The highest BCUT2D eigenvalue weighted by Gasteiger charge is 2.20. The van der Waals surface area contributed by atoms with E-state index in [-0.39, 0.29) is 6.41 Å². The summed E-state index contributed by atoms with van der Waals surface area (Å²) >= 11 is 0. The third kappa shape index (κ3) is 5.64. The molecule has 10 heteroatoms. The van der Waals surface area contributed by atoms with Gasteiger partial charge in [-0.2, -0.15) is 4.98 Å². The van der Waals surface area contributed by atoms with Crippen LogP contribution in [0.25, 0.3) is 11.0 Å². The van der Waals surface area contributed by atoms with Crippen LogP contribution in [0.5, 0.6) is 0 Å². The largest absolute Gasteiger partial charge is 0.372 e. The first-order valence-electron chi connectivity index (χ1n) is 12.7. The smallest absolute Gasteiger partial charge is 0.230 e. The van der Waals surface area contributed by atoms with Crippen LogP contribution in [0.4, 0.5) is 17.5 Å². The highest BCUT2D eigenvalue weighted by atomic mass is 16.1. The number of nitrogens with one attached hydrogen (secondary N) is 2. The van der Waals surface area contributed by atoms with Gasteiger partial charge in [0, 0.05) is 50.9 Å². The average Bonchev–Trinajstić information content (AvgIpc) is 3.29. The van der Waals surface area contributed by atoms with Gasteiger partial charge in [-0.15, -0.1) is 0 Å². The van der Waals surface area contributed by atoms with Crippen molar-refractivity contribution < 1.29 is 4.79 Å². The van der Waals surface area contributed by atoms with Crippen molar-refractivity contribution >= 4 is 34.9 Å². The predicted octanol–water partition coefficient (Wildman–Crippen LogP) is 2.33. The van der Waals surface area contributed by atoms with Gasteiger partial charge in [0.25, 0.3) is 0 Å². The second-order valence-corrected chi connectivity index (χ2v) is 8.81. The number of fused-ring (bicyclic) bond motifs is 1. The van der Waals surface area contributed by atoms with Gasteiger partial charge in [-0.3, -0.25) is 4.79 Å². The van der Waals surface area contributed by atoms with Crippen LogP contribution in [0, 0.1) is 0 Å². The molecule has 35 heavy (non-hydrogen) atoms. The number of nitrogens with two attached hydrogens (primary N) is 1. The number of primary amides is 1. The molecule has 0 atom stereocenters. The number of aromatic nitrogens is 4. The van der Waals surface area contributed by atoms with Crippen LogP contribution < -0.4 is 26.3 Å². The van der Waals surface area contributed by atoms with Gasteiger partial charge in [0.2, 0.25) is 12.4 Å². The van der Waals surface area contributed by atoms with Gasteiger partial charge in [0.1, 0.15) is 5.82 Å². The second-order valence-electron chi connectivity index (χ2n) is 8.81. The minimum absolute atomic E-state index is 0.250. The van der Waals surface area contributed by atoms with E-state index in [1.807, 2.05) is 12.3 Å². The number of carbonyl (C=O) groups excluding carboxylic acids is 1. The maximum absolute atomic E-state index is 8.58. The summed E-state index contributed by atoms with van der Waals surface area (Å²) in [6.45, 7) is 10.6. The molecule has 0 bridgehead atoms. The molecule has 0 aliphatic carbocycles. The minimum Gasteiger partial charge on any atom is -0.372 e. The standard InChI is InChI=1S/C24H34N8.CH3NO/c1-3-18-17-32(31-12-6-5-7-13-31)23-22(18)20(4-2)27-24(29-23)28-21-9-8-19(16-26-21)30-14-10-25-11-15-30;2-1-3/h8-9,16-17,25H,3-7,10-15H2,1-2H3,(H,26,27,28,29);1H,(H2,2,3). The zero-order valence-corrected chi connectivity index (χ0v) is 20.8. The molecular formula is C25H37N9O. The number of amides is 1. The highest BCUT2D eigenvalue weighted by Crippen LogP contribution is 2.27. The number of carbonyl (C=O) groups is 1. The predicted molar refractivity (Wildman–Crippen MR) is 141 cm³/mol. The Morgan fingerprint density at radius 2 is 1.80 bits per heavy atom. The van der Waals surface area contributed by atoms with Crippen LogP contribution in [0.3, 0.4) is 0 Å². The molecule has 0 aromatic carbocycles. The molecule has 1 amide bonds. The van der Waals surface area contributed by atoms with E-state index in [9.17, 15) is 0 Å². The molecule has 2 aliphatic rings. The van der Waals surface area contributed by atoms with Crippen molar-refractivity contribution in [3.05, 3.63) is 35.8 Å². The van der Waals surface area contributed by atoms with E-state index in [4.69, 9.17) is 14.8 Å². The van der Waals surface area contributed by atoms with Crippen molar-refractivity contribution in [2.24, 2.45) is 5.73 Å². The van der Waals surface area contributed by atoms with E-state index in [2.05, 4.69) is 62.0 Å². The minimum atomic E-state index is 0.250. The topological polar surface area (TPSA) is 117 Å². The quantitative estimate of drug-likeness (QED) is 0.461. The van der Waals surface area contributed by atoms with Crippen molar-refractivity contribution in [3.63, 3.8) is 0 Å². The lowest BCUT2D eigenvalue weighted by Gasteiger charge is -2.30. The maximum atomic E-state index is 8.58. The number of rotatable bonds is 6. The summed E-state index contributed by atoms with van der Waals surface area (Å²) in [5.41, 5.74) is 8.76. The Bertz CT molecular complexity index is 1100. The summed E-state index contributed by atoms with van der Waals surface area (Å²) in [4.78, 5) is 25.5. The summed E-state index contributed by atoms with van der Waals surface area (Å²) in [5.74, 6) is 1.40. The monoisotopic (exact) mass is 479 g/mol.